The molecule has 1 aromatic rings. The molecule has 1 rings (SSSR count). The Kier molecular flexibility index (Phi) is 6.10. The van der Waals surface area contributed by atoms with Crippen molar-refractivity contribution in [3.8, 4) is 0 Å². The van der Waals surface area contributed by atoms with Gasteiger partial charge in [-0.05, 0) is 13.8 Å². The molecule has 0 aromatic carbocycles. The number of Topliss-reactive ketones (excluding diaryl/α,β-unsaturated/α-hetero) is 2. The molecular weight excluding hydrogens is 236 g/mol. The lowest BCUT2D eigenvalue weighted by atomic mass is 10.1. The van der Waals surface area contributed by atoms with E-state index in [1.807, 2.05) is 0 Å². The topological polar surface area (TPSA) is 78.4 Å². The second-order valence-corrected chi connectivity index (χ2v) is 3.40. The van der Waals surface area contributed by atoms with Crippen molar-refractivity contribution in [3.63, 3.8) is 0 Å². The van der Waals surface area contributed by atoms with E-state index in [4.69, 9.17) is 9.47 Å². The first-order chi connectivity index (χ1) is 8.69. The average Bonchev–Trinajstić information content (AvgIpc) is 2.39. The van der Waals surface area contributed by atoms with Crippen LogP contribution in [0.2, 0.25) is 0 Å². The summed E-state index contributed by atoms with van der Waals surface area (Å²) in [6.45, 7) is 4.19. The number of carbonyl (C=O) groups is 2. The summed E-state index contributed by atoms with van der Waals surface area (Å²) in [5, 5.41) is 0. The van der Waals surface area contributed by atoms with Crippen LogP contribution < -0.4 is 0 Å². The minimum atomic E-state index is -0.986. The Morgan fingerprint density at radius 1 is 1.22 bits per heavy atom. The normalized spacial score (nSPS) is 10.6. The third kappa shape index (κ3) is 4.31. The van der Waals surface area contributed by atoms with Crippen LogP contribution in [-0.2, 0) is 14.3 Å². The number of ether oxygens (including phenoxy) is 2. The molecule has 0 atom stereocenters. The number of hydrogen-bond donors (Lipinski definition) is 0. The van der Waals surface area contributed by atoms with Crippen LogP contribution in [0, 0.1) is 0 Å². The van der Waals surface area contributed by atoms with E-state index in [0.29, 0.717) is 13.2 Å². The fourth-order valence-corrected chi connectivity index (χ4v) is 1.31. The monoisotopic (exact) mass is 252 g/mol. The van der Waals surface area contributed by atoms with Gasteiger partial charge in [-0.1, -0.05) is 0 Å². The fraction of sp³-hybridized carbons (Fsp3) is 0.500. The molecule has 0 unspecified atom stereocenters. The third-order valence-corrected chi connectivity index (χ3v) is 2.08. The molecule has 0 aliphatic heterocycles. The molecule has 0 aliphatic carbocycles. The van der Waals surface area contributed by atoms with Crippen molar-refractivity contribution in [1.82, 2.24) is 9.97 Å². The zero-order valence-corrected chi connectivity index (χ0v) is 10.5. The number of ketones is 2. The molecule has 6 nitrogen and oxygen atoms in total. The van der Waals surface area contributed by atoms with Gasteiger partial charge in [-0.3, -0.25) is 14.6 Å². The summed E-state index contributed by atoms with van der Waals surface area (Å²) in [4.78, 5) is 31.1. The second kappa shape index (κ2) is 7.62. The quantitative estimate of drug-likeness (QED) is 0.390. The van der Waals surface area contributed by atoms with Gasteiger partial charge in [-0.25, -0.2) is 4.98 Å². The zero-order valence-electron chi connectivity index (χ0n) is 10.5. The second-order valence-electron chi connectivity index (χ2n) is 3.40. The first-order valence-corrected chi connectivity index (χ1v) is 5.74. The molecular formula is C12H16N2O4. The SMILES string of the molecule is CCOC(OCC)C(=O)CC(=O)c1cnccn1. The first kappa shape index (κ1) is 14.4. The van der Waals surface area contributed by atoms with Crippen molar-refractivity contribution < 1.29 is 19.1 Å². The van der Waals surface area contributed by atoms with Gasteiger partial charge in [-0.15, -0.1) is 0 Å². The molecule has 6 heteroatoms. The number of carbonyl (C=O) groups excluding carboxylic acids is 2. The van der Waals surface area contributed by atoms with Crippen LogP contribution in [0.25, 0.3) is 0 Å². The number of nitrogens with zero attached hydrogens (tertiary/aromatic N) is 2. The maximum Gasteiger partial charge on any atom is 0.218 e. The molecule has 0 saturated carbocycles. The summed E-state index contributed by atoms with van der Waals surface area (Å²) in [7, 11) is 0. The summed E-state index contributed by atoms with van der Waals surface area (Å²) in [5.41, 5.74) is 0.164. The average molecular weight is 252 g/mol. The minimum absolute atomic E-state index is 0.164. The molecule has 0 bridgehead atoms. The molecule has 0 saturated heterocycles. The maximum atomic E-state index is 11.8. The third-order valence-electron chi connectivity index (χ3n) is 2.08. The van der Waals surface area contributed by atoms with E-state index in [9.17, 15) is 9.59 Å². The molecule has 18 heavy (non-hydrogen) atoms. The lowest BCUT2D eigenvalue weighted by molar-refractivity contribution is -0.166. The first-order valence-electron chi connectivity index (χ1n) is 5.74. The molecule has 0 aliphatic rings. The van der Waals surface area contributed by atoms with Crippen molar-refractivity contribution in [1.29, 1.82) is 0 Å². The highest BCUT2D eigenvalue weighted by Gasteiger charge is 2.22. The molecule has 0 N–H and O–H groups in total. The summed E-state index contributed by atoms with van der Waals surface area (Å²) in [5.74, 6) is -0.799. The molecule has 0 radical (unpaired) electrons. The van der Waals surface area contributed by atoms with E-state index in [2.05, 4.69) is 9.97 Å². The van der Waals surface area contributed by atoms with Crippen LogP contribution in [0.1, 0.15) is 30.8 Å². The van der Waals surface area contributed by atoms with Gasteiger partial charge >= 0.3 is 0 Å². The van der Waals surface area contributed by atoms with Crippen molar-refractivity contribution in [2.75, 3.05) is 13.2 Å². The molecule has 1 aromatic heterocycles. The van der Waals surface area contributed by atoms with Gasteiger partial charge in [0.1, 0.15) is 5.69 Å². The summed E-state index contributed by atoms with van der Waals surface area (Å²) in [6.07, 6.45) is 2.90. The highest BCUT2D eigenvalue weighted by molar-refractivity contribution is 6.07. The smallest absolute Gasteiger partial charge is 0.218 e. The zero-order chi connectivity index (χ0) is 13.4. The predicted molar refractivity (Wildman–Crippen MR) is 63.0 cm³/mol. The highest BCUT2D eigenvalue weighted by atomic mass is 16.7. The van der Waals surface area contributed by atoms with Crippen LogP contribution in [0.15, 0.2) is 18.6 Å². The summed E-state index contributed by atoms with van der Waals surface area (Å²) >= 11 is 0. The number of aromatic nitrogens is 2. The van der Waals surface area contributed by atoms with E-state index in [1.54, 1.807) is 13.8 Å². The Labute approximate surface area is 105 Å². The van der Waals surface area contributed by atoms with Crippen LogP contribution in [0.5, 0.6) is 0 Å². The van der Waals surface area contributed by atoms with Gasteiger partial charge in [0.05, 0.1) is 12.6 Å². The Morgan fingerprint density at radius 3 is 2.39 bits per heavy atom. The number of hydrogen-bond acceptors (Lipinski definition) is 6. The van der Waals surface area contributed by atoms with Gasteiger partial charge in [0.25, 0.3) is 0 Å². The fourth-order valence-electron chi connectivity index (χ4n) is 1.31. The van der Waals surface area contributed by atoms with Crippen LogP contribution >= 0.6 is 0 Å². The highest BCUT2D eigenvalue weighted by Crippen LogP contribution is 2.05. The lowest BCUT2D eigenvalue weighted by Crippen LogP contribution is -2.29. The van der Waals surface area contributed by atoms with Gasteiger partial charge in [0.2, 0.25) is 6.29 Å². The Balaban J connectivity index is 2.60. The van der Waals surface area contributed by atoms with Gasteiger partial charge in [-0.2, -0.15) is 0 Å². The van der Waals surface area contributed by atoms with Gasteiger partial charge in [0, 0.05) is 25.6 Å². The maximum absolute atomic E-state index is 11.8. The Morgan fingerprint density at radius 2 is 1.89 bits per heavy atom. The molecule has 1 heterocycles. The molecule has 0 amide bonds. The van der Waals surface area contributed by atoms with Crippen molar-refractivity contribution >= 4 is 11.6 Å². The van der Waals surface area contributed by atoms with Crippen molar-refractivity contribution in [2.24, 2.45) is 0 Å². The minimum Gasteiger partial charge on any atom is -0.346 e. The van der Waals surface area contributed by atoms with Crippen LogP contribution in [0.4, 0.5) is 0 Å². The van der Waals surface area contributed by atoms with Gasteiger partial charge < -0.3 is 9.47 Å². The summed E-state index contributed by atoms with van der Waals surface area (Å²) in [6, 6.07) is 0. The largest absolute Gasteiger partial charge is 0.346 e. The molecule has 0 spiro atoms. The standard InChI is InChI=1S/C12H16N2O4/c1-3-17-12(18-4-2)11(16)7-10(15)9-8-13-5-6-14-9/h5-6,8,12H,3-4,7H2,1-2H3. The summed E-state index contributed by atoms with van der Waals surface area (Å²) < 4.78 is 10.2. The Hall–Kier alpha value is -1.66. The molecule has 98 valence electrons. The van der Waals surface area contributed by atoms with Crippen molar-refractivity contribution in [3.05, 3.63) is 24.3 Å². The van der Waals surface area contributed by atoms with E-state index < -0.39 is 17.9 Å². The van der Waals surface area contributed by atoms with E-state index >= 15 is 0 Å². The van der Waals surface area contributed by atoms with E-state index in [-0.39, 0.29) is 12.1 Å². The predicted octanol–water partition coefficient (Wildman–Crippen LogP) is 1.02. The van der Waals surface area contributed by atoms with E-state index in [0.717, 1.165) is 0 Å². The van der Waals surface area contributed by atoms with Crippen molar-refractivity contribution in [2.45, 2.75) is 26.6 Å². The van der Waals surface area contributed by atoms with Crippen LogP contribution in [-0.4, -0.2) is 41.0 Å². The number of rotatable bonds is 8. The van der Waals surface area contributed by atoms with Crippen LogP contribution in [0.3, 0.4) is 0 Å². The van der Waals surface area contributed by atoms with E-state index in [1.165, 1.54) is 18.6 Å². The lowest BCUT2D eigenvalue weighted by Gasteiger charge is -2.14. The van der Waals surface area contributed by atoms with Gasteiger partial charge in [0.15, 0.2) is 11.6 Å². The molecule has 0 fully saturated rings. The Bertz CT molecular complexity index is 388.